The van der Waals surface area contributed by atoms with Crippen molar-refractivity contribution in [3.63, 3.8) is 0 Å². The van der Waals surface area contributed by atoms with Gasteiger partial charge in [-0.3, -0.25) is 14.4 Å². The summed E-state index contributed by atoms with van der Waals surface area (Å²) in [5.41, 5.74) is 1.68. The van der Waals surface area contributed by atoms with Crippen molar-refractivity contribution in [3.8, 4) is 5.75 Å². The number of nitrogens with one attached hydrogen (secondary N) is 1. The zero-order valence-electron chi connectivity index (χ0n) is 21.2. The lowest BCUT2D eigenvalue weighted by atomic mass is 10.0. The Labute approximate surface area is 222 Å². The van der Waals surface area contributed by atoms with E-state index in [9.17, 15) is 22.8 Å². The lowest BCUT2D eigenvalue weighted by molar-refractivity contribution is -0.141. The van der Waals surface area contributed by atoms with Gasteiger partial charge in [0.25, 0.3) is 15.9 Å². The van der Waals surface area contributed by atoms with Gasteiger partial charge >= 0.3 is 0 Å². The van der Waals surface area contributed by atoms with Crippen LogP contribution in [0.15, 0.2) is 83.8 Å². The number of sulfonamides is 1. The first kappa shape index (κ1) is 26.9. The summed E-state index contributed by atoms with van der Waals surface area (Å²) in [4.78, 5) is 40.9. The maximum absolute atomic E-state index is 13.7. The quantitative estimate of drug-likeness (QED) is 0.427. The Morgan fingerprint density at radius 2 is 1.66 bits per heavy atom. The Kier molecular flexibility index (Phi) is 8.11. The van der Waals surface area contributed by atoms with Crippen LogP contribution in [0.2, 0.25) is 0 Å². The average Bonchev–Trinajstić information content (AvgIpc) is 3.13. The van der Waals surface area contributed by atoms with E-state index in [1.165, 1.54) is 31.2 Å². The number of rotatable bonds is 10. The number of nitrogens with zero attached hydrogens (tertiary/aromatic N) is 2. The van der Waals surface area contributed by atoms with E-state index in [1.807, 2.05) is 36.4 Å². The zero-order chi connectivity index (χ0) is 27.3. The molecule has 0 bridgehead atoms. The molecule has 1 N–H and O–H groups in total. The molecule has 38 heavy (non-hydrogen) atoms. The zero-order valence-corrected chi connectivity index (χ0v) is 22.0. The van der Waals surface area contributed by atoms with E-state index in [4.69, 9.17) is 4.74 Å². The van der Waals surface area contributed by atoms with Gasteiger partial charge < -0.3 is 15.0 Å². The van der Waals surface area contributed by atoms with E-state index >= 15 is 0 Å². The highest BCUT2D eigenvalue weighted by Crippen LogP contribution is 2.30. The van der Waals surface area contributed by atoms with E-state index in [2.05, 4.69) is 5.32 Å². The van der Waals surface area contributed by atoms with Crippen molar-refractivity contribution in [2.45, 2.75) is 30.3 Å². The molecule has 0 spiro atoms. The van der Waals surface area contributed by atoms with Gasteiger partial charge in [0.2, 0.25) is 11.8 Å². The number of carbonyl (C=O) groups excluding carboxylic acids is 3. The van der Waals surface area contributed by atoms with Crippen LogP contribution >= 0.6 is 0 Å². The second-order valence-electron chi connectivity index (χ2n) is 8.82. The minimum atomic E-state index is -4.06. The van der Waals surface area contributed by atoms with Crippen molar-refractivity contribution >= 4 is 27.7 Å². The summed E-state index contributed by atoms with van der Waals surface area (Å²) < 4.78 is 32.0. The highest BCUT2D eigenvalue weighted by molar-refractivity contribution is 7.90. The first-order chi connectivity index (χ1) is 18.3. The van der Waals surface area contributed by atoms with Crippen LogP contribution < -0.4 is 10.1 Å². The summed E-state index contributed by atoms with van der Waals surface area (Å²) in [6.45, 7) is -0.253. The van der Waals surface area contributed by atoms with E-state index in [-0.39, 0.29) is 42.3 Å². The minimum absolute atomic E-state index is 0.0713. The molecule has 3 aromatic carbocycles. The Hall–Kier alpha value is -4.18. The Morgan fingerprint density at radius 1 is 0.974 bits per heavy atom. The minimum Gasteiger partial charge on any atom is -0.497 e. The first-order valence-electron chi connectivity index (χ1n) is 12.1. The molecule has 1 aliphatic heterocycles. The van der Waals surface area contributed by atoms with Gasteiger partial charge in [0.15, 0.2) is 0 Å². The molecule has 0 fully saturated rings. The molecule has 0 saturated carbocycles. The van der Waals surface area contributed by atoms with Crippen LogP contribution in [0.25, 0.3) is 0 Å². The number of likely N-dealkylation sites (N-methyl/N-ethyl adjacent to an activating group) is 1. The fraction of sp³-hybridized carbons (Fsp3) is 0.250. The number of benzene rings is 3. The van der Waals surface area contributed by atoms with Crippen molar-refractivity contribution < 1.29 is 27.5 Å². The van der Waals surface area contributed by atoms with Gasteiger partial charge in [-0.05, 0) is 35.4 Å². The standard InChI is InChI=1S/C28H29N3O6S/c1-29-27(33)24(18-20-9-4-3-5-10-20)30(19-21-11-8-12-22(17-21)37-2)26(32)15-16-31-28(34)23-13-6-7-14-25(23)38(31,35)36/h3-14,17,24H,15-16,18-19H2,1-2H3,(H,29,33)/t24-/m1/s1. The topological polar surface area (TPSA) is 113 Å². The van der Waals surface area contributed by atoms with Gasteiger partial charge in [-0.25, -0.2) is 12.7 Å². The number of methoxy groups -OCH3 is 1. The van der Waals surface area contributed by atoms with Crippen molar-refractivity contribution in [1.29, 1.82) is 0 Å². The van der Waals surface area contributed by atoms with Gasteiger partial charge in [0, 0.05) is 33.0 Å². The number of hydrogen-bond acceptors (Lipinski definition) is 6. The van der Waals surface area contributed by atoms with Gasteiger partial charge in [0.1, 0.15) is 16.7 Å². The number of fused-ring (bicyclic) bond motifs is 1. The molecule has 4 rings (SSSR count). The number of hydrogen-bond donors (Lipinski definition) is 1. The number of amides is 3. The lowest BCUT2D eigenvalue weighted by Gasteiger charge is -2.31. The van der Waals surface area contributed by atoms with Gasteiger partial charge in [-0.1, -0.05) is 54.6 Å². The second kappa shape index (κ2) is 11.5. The molecule has 198 valence electrons. The van der Waals surface area contributed by atoms with Gasteiger partial charge in [-0.2, -0.15) is 0 Å². The van der Waals surface area contributed by atoms with Crippen LogP contribution in [-0.4, -0.2) is 62.1 Å². The van der Waals surface area contributed by atoms with Gasteiger partial charge in [-0.15, -0.1) is 0 Å². The Bertz CT molecular complexity index is 1440. The highest BCUT2D eigenvalue weighted by Gasteiger charge is 2.41. The molecule has 0 saturated heterocycles. The van der Waals surface area contributed by atoms with Crippen LogP contribution in [-0.2, 0) is 32.6 Å². The summed E-state index contributed by atoms with van der Waals surface area (Å²) in [7, 11) is -1.02. The maximum Gasteiger partial charge on any atom is 0.269 e. The van der Waals surface area contributed by atoms with E-state index in [0.717, 1.165) is 15.4 Å². The summed E-state index contributed by atoms with van der Waals surface area (Å²) in [5, 5.41) is 2.64. The molecule has 1 atom stereocenters. The van der Waals surface area contributed by atoms with Crippen molar-refractivity contribution in [1.82, 2.24) is 14.5 Å². The largest absolute Gasteiger partial charge is 0.497 e. The van der Waals surface area contributed by atoms with E-state index in [0.29, 0.717) is 5.75 Å². The molecule has 10 heteroatoms. The SMILES string of the molecule is CNC(=O)[C@@H](Cc1ccccc1)N(Cc1cccc(OC)c1)C(=O)CCN1C(=O)c2ccccc2S1(=O)=O. The van der Waals surface area contributed by atoms with Crippen molar-refractivity contribution in [2.75, 3.05) is 20.7 Å². The highest BCUT2D eigenvalue weighted by atomic mass is 32.2. The number of ether oxygens (including phenoxy) is 1. The van der Waals surface area contributed by atoms with Crippen LogP contribution in [0, 0.1) is 0 Å². The fourth-order valence-corrected chi connectivity index (χ4v) is 6.05. The third kappa shape index (κ3) is 5.55. The molecule has 0 unspecified atom stereocenters. The predicted molar refractivity (Wildman–Crippen MR) is 141 cm³/mol. The normalized spacial score (nSPS) is 14.5. The molecule has 3 aromatic rings. The van der Waals surface area contributed by atoms with Crippen LogP contribution in [0.1, 0.15) is 27.9 Å². The first-order valence-corrected chi connectivity index (χ1v) is 13.5. The molecule has 1 aliphatic rings. The van der Waals surface area contributed by atoms with E-state index < -0.39 is 27.9 Å². The second-order valence-corrected chi connectivity index (χ2v) is 10.7. The smallest absolute Gasteiger partial charge is 0.269 e. The maximum atomic E-state index is 13.7. The molecule has 0 aliphatic carbocycles. The van der Waals surface area contributed by atoms with Crippen LogP contribution in [0.3, 0.4) is 0 Å². The number of carbonyl (C=O) groups is 3. The summed E-state index contributed by atoms with van der Waals surface area (Å²) in [5.74, 6) is -0.889. The lowest BCUT2D eigenvalue weighted by Crippen LogP contribution is -2.50. The molecular formula is C28H29N3O6S. The Balaban J connectivity index is 1.62. The Morgan fingerprint density at radius 3 is 2.34 bits per heavy atom. The fourth-order valence-electron chi connectivity index (χ4n) is 4.48. The molecular weight excluding hydrogens is 506 g/mol. The van der Waals surface area contributed by atoms with Crippen molar-refractivity contribution in [2.24, 2.45) is 0 Å². The molecule has 9 nitrogen and oxygen atoms in total. The molecule has 0 aromatic heterocycles. The molecule has 1 heterocycles. The average molecular weight is 536 g/mol. The summed E-state index contributed by atoms with van der Waals surface area (Å²) in [6.07, 6.45) is -0.0339. The summed E-state index contributed by atoms with van der Waals surface area (Å²) >= 11 is 0. The monoisotopic (exact) mass is 535 g/mol. The van der Waals surface area contributed by atoms with Gasteiger partial charge in [0.05, 0.1) is 12.7 Å². The molecule has 3 amide bonds. The summed E-state index contributed by atoms with van der Waals surface area (Å²) in [6, 6.07) is 21.6. The van der Waals surface area contributed by atoms with Crippen LogP contribution in [0.4, 0.5) is 0 Å². The third-order valence-corrected chi connectivity index (χ3v) is 8.29. The van der Waals surface area contributed by atoms with E-state index in [1.54, 1.807) is 30.3 Å². The molecule has 0 radical (unpaired) electrons. The third-order valence-electron chi connectivity index (χ3n) is 6.45. The van der Waals surface area contributed by atoms with Crippen molar-refractivity contribution in [3.05, 3.63) is 95.6 Å². The van der Waals surface area contributed by atoms with Crippen LogP contribution in [0.5, 0.6) is 5.75 Å². The predicted octanol–water partition coefficient (Wildman–Crippen LogP) is 2.62.